The summed E-state index contributed by atoms with van der Waals surface area (Å²) in [5.41, 5.74) is 3.50. The molecule has 4 heterocycles. The lowest BCUT2D eigenvalue weighted by Crippen LogP contribution is -2.52. The number of piperidine rings is 2. The van der Waals surface area contributed by atoms with Crippen molar-refractivity contribution >= 4 is 51.1 Å². The van der Waals surface area contributed by atoms with Crippen LogP contribution in [0.5, 0.6) is 0 Å². The summed E-state index contributed by atoms with van der Waals surface area (Å²) in [6, 6.07) is 13.4. The van der Waals surface area contributed by atoms with E-state index >= 15 is 0 Å². The second kappa shape index (κ2) is 10.6. The second-order valence-electron chi connectivity index (χ2n) is 10.9. The Hall–Kier alpha value is -3.40. The zero-order valence-electron chi connectivity index (χ0n) is 21.8. The molecular weight excluding hydrogens is 562 g/mol. The van der Waals surface area contributed by atoms with E-state index in [0.717, 1.165) is 73.4 Å². The average molecular weight is 595 g/mol. The highest BCUT2D eigenvalue weighted by Crippen LogP contribution is 2.33. The first-order valence-corrected chi connectivity index (χ1v) is 14.5. The monoisotopic (exact) mass is 593 g/mol. The third-order valence-electron chi connectivity index (χ3n) is 8.40. The Kier molecular flexibility index (Phi) is 7.05. The van der Waals surface area contributed by atoms with Crippen LogP contribution < -0.4 is 15.1 Å². The molecule has 3 fully saturated rings. The number of fused-ring (bicyclic) bond motifs is 1. The Morgan fingerprint density at radius 1 is 0.897 bits per heavy atom. The molecule has 2 aromatic carbocycles. The number of halogens is 1. The zero-order chi connectivity index (χ0) is 27.1. The minimum Gasteiger partial charge on any atom is -0.371 e. The number of carbonyl (C=O) groups is 4. The van der Waals surface area contributed by atoms with Crippen molar-refractivity contribution in [3.63, 3.8) is 0 Å². The molecule has 10 heteroatoms. The lowest BCUT2D eigenvalue weighted by molar-refractivity contribution is -0.136. The summed E-state index contributed by atoms with van der Waals surface area (Å²) >= 11 is 3.51. The number of nitrogens with one attached hydrogen (secondary N) is 1. The van der Waals surface area contributed by atoms with Crippen LogP contribution in [0.25, 0.3) is 0 Å². The Balaban J connectivity index is 1.06. The summed E-state index contributed by atoms with van der Waals surface area (Å²) in [7, 11) is 0. The molecule has 39 heavy (non-hydrogen) atoms. The van der Waals surface area contributed by atoms with Gasteiger partial charge in [0.2, 0.25) is 11.8 Å². The first-order chi connectivity index (χ1) is 18.9. The van der Waals surface area contributed by atoms with Gasteiger partial charge in [0.15, 0.2) is 0 Å². The van der Waals surface area contributed by atoms with Crippen molar-refractivity contribution in [2.75, 3.05) is 42.5 Å². The fourth-order valence-corrected chi connectivity index (χ4v) is 6.65. The molecule has 4 aliphatic rings. The van der Waals surface area contributed by atoms with Gasteiger partial charge >= 0.3 is 6.03 Å². The molecule has 1 unspecified atom stereocenters. The maximum atomic E-state index is 13.3. The van der Waals surface area contributed by atoms with Crippen molar-refractivity contribution in [3.8, 4) is 0 Å². The number of hydrogen-bond donors (Lipinski definition) is 1. The maximum Gasteiger partial charge on any atom is 0.324 e. The van der Waals surface area contributed by atoms with Gasteiger partial charge < -0.3 is 14.7 Å². The SMILES string of the molecule is O=C1CCC(N2Cc3ccc(N4CCC(CN5CCCN(c6cccc(Br)c6)C5=O)CC4)cc3C2=O)C(=O)N1. The van der Waals surface area contributed by atoms with Crippen molar-refractivity contribution in [2.45, 2.75) is 44.7 Å². The molecule has 4 aliphatic heterocycles. The van der Waals surface area contributed by atoms with Crippen molar-refractivity contribution in [3.05, 3.63) is 58.1 Å². The lowest BCUT2D eigenvalue weighted by Gasteiger charge is -2.40. The predicted octanol–water partition coefficient (Wildman–Crippen LogP) is 3.76. The van der Waals surface area contributed by atoms with E-state index in [1.54, 1.807) is 4.90 Å². The molecule has 1 N–H and O–H groups in total. The minimum atomic E-state index is -0.598. The molecule has 5 amide bonds. The molecule has 0 aromatic heterocycles. The first-order valence-electron chi connectivity index (χ1n) is 13.7. The van der Waals surface area contributed by atoms with E-state index in [0.29, 0.717) is 24.4 Å². The molecule has 2 aromatic rings. The number of amides is 5. The molecule has 3 saturated heterocycles. The Morgan fingerprint density at radius 2 is 1.72 bits per heavy atom. The number of nitrogens with zero attached hydrogens (tertiary/aromatic N) is 4. The van der Waals surface area contributed by atoms with E-state index in [4.69, 9.17) is 0 Å². The van der Waals surface area contributed by atoms with Gasteiger partial charge in [-0.2, -0.15) is 0 Å². The largest absolute Gasteiger partial charge is 0.371 e. The molecular formula is C29H32BrN5O4. The normalized spacial score (nSPS) is 22.4. The standard InChI is InChI=1S/C29H32BrN5O4/c30-21-3-1-4-23(15-21)34-12-2-11-33(29(34)39)17-19-9-13-32(14-10-19)22-6-5-20-18-35(28(38)24(20)16-22)25-7-8-26(36)31-27(25)37/h1,3-6,15-16,19,25H,2,7-14,17-18H2,(H,31,36,37). The van der Waals surface area contributed by atoms with Gasteiger partial charge in [-0.15, -0.1) is 0 Å². The molecule has 6 rings (SSSR count). The average Bonchev–Trinajstić information content (AvgIpc) is 3.25. The summed E-state index contributed by atoms with van der Waals surface area (Å²) in [5, 5.41) is 2.36. The highest BCUT2D eigenvalue weighted by atomic mass is 79.9. The summed E-state index contributed by atoms with van der Waals surface area (Å²) in [6.45, 7) is 4.42. The fraction of sp³-hybridized carbons (Fsp3) is 0.448. The maximum absolute atomic E-state index is 13.3. The minimum absolute atomic E-state index is 0.0829. The van der Waals surface area contributed by atoms with E-state index in [2.05, 4.69) is 32.2 Å². The van der Waals surface area contributed by atoms with E-state index in [9.17, 15) is 19.2 Å². The van der Waals surface area contributed by atoms with Crippen molar-refractivity contribution in [1.82, 2.24) is 15.1 Å². The van der Waals surface area contributed by atoms with Crippen LogP contribution in [0, 0.1) is 5.92 Å². The Morgan fingerprint density at radius 3 is 2.49 bits per heavy atom. The molecule has 0 aliphatic carbocycles. The Bertz CT molecular complexity index is 1320. The number of carbonyl (C=O) groups excluding carboxylic acids is 4. The van der Waals surface area contributed by atoms with E-state index in [-0.39, 0.29) is 30.2 Å². The predicted molar refractivity (Wildman–Crippen MR) is 150 cm³/mol. The van der Waals surface area contributed by atoms with Crippen molar-refractivity contribution < 1.29 is 19.2 Å². The summed E-state index contributed by atoms with van der Waals surface area (Å²) < 4.78 is 0.967. The van der Waals surface area contributed by atoms with Crippen LogP contribution >= 0.6 is 15.9 Å². The van der Waals surface area contributed by atoms with E-state index < -0.39 is 6.04 Å². The molecule has 1 atom stereocenters. The third kappa shape index (κ3) is 5.14. The first kappa shape index (κ1) is 25.9. The molecule has 9 nitrogen and oxygen atoms in total. The number of anilines is 2. The number of urea groups is 1. The van der Waals surface area contributed by atoms with Gasteiger partial charge in [0.25, 0.3) is 5.91 Å². The van der Waals surface area contributed by atoms with Gasteiger partial charge in [-0.3, -0.25) is 24.6 Å². The second-order valence-corrected chi connectivity index (χ2v) is 11.8. The molecule has 204 valence electrons. The quantitative estimate of drug-likeness (QED) is 0.533. The van der Waals surface area contributed by atoms with Gasteiger partial charge in [0, 0.05) is 67.1 Å². The van der Waals surface area contributed by atoms with Gasteiger partial charge in [0.05, 0.1) is 0 Å². The number of hydrogen-bond acceptors (Lipinski definition) is 5. The molecule has 0 bridgehead atoms. The highest BCUT2D eigenvalue weighted by Gasteiger charge is 2.39. The third-order valence-corrected chi connectivity index (χ3v) is 8.89. The number of rotatable bonds is 5. The van der Waals surface area contributed by atoms with Gasteiger partial charge in [-0.25, -0.2) is 4.79 Å². The van der Waals surface area contributed by atoms with Crippen LogP contribution in [0.15, 0.2) is 46.9 Å². The van der Waals surface area contributed by atoms with Crippen LogP contribution in [0.2, 0.25) is 0 Å². The molecule has 0 spiro atoms. The number of benzene rings is 2. The van der Waals surface area contributed by atoms with Crippen molar-refractivity contribution in [2.24, 2.45) is 5.92 Å². The summed E-state index contributed by atoms with van der Waals surface area (Å²) in [4.78, 5) is 58.1. The van der Waals surface area contributed by atoms with Gasteiger partial charge in [-0.1, -0.05) is 28.1 Å². The molecule has 0 saturated carbocycles. The lowest BCUT2D eigenvalue weighted by atomic mass is 9.95. The van der Waals surface area contributed by atoms with E-state index in [1.807, 2.05) is 46.2 Å². The zero-order valence-corrected chi connectivity index (χ0v) is 23.4. The Labute approximate surface area is 236 Å². The van der Waals surface area contributed by atoms with Crippen LogP contribution in [-0.2, 0) is 16.1 Å². The smallest absolute Gasteiger partial charge is 0.324 e. The van der Waals surface area contributed by atoms with Gasteiger partial charge in [-0.05, 0) is 67.5 Å². The highest BCUT2D eigenvalue weighted by molar-refractivity contribution is 9.10. The van der Waals surface area contributed by atoms with Crippen LogP contribution in [0.4, 0.5) is 16.2 Å². The van der Waals surface area contributed by atoms with Crippen LogP contribution in [0.1, 0.15) is 48.0 Å². The topological polar surface area (TPSA) is 93.3 Å². The van der Waals surface area contributed by atoms with E-state index in [1.165, 1.54) is 0 Å². The van der Waals surface area contributed by atoms with Gasteiger partial charge in [0.1, 0.15) is 6.04 Å². The number of imide groups is 1. The van der Waals surface area contributed by atoms with Crippen LogP contribution in [-0.4, -0.2) is 72.3 Å². The fourth-order valence-electron chi connectivity index (χ4n) is 6.26. The van der Waals surface area contributed by atoms with Crippen LogP contribution in [0.3, 0.4) is 0 Å². The molecule has 0 radical (unpaired) electrons. The summed E-state index contributed by atoms with van der Waals surface area (Å²) in [6.07, 6.45) is 3.53. The summed E-state index contributed by atoms with van der Waals surface area (Å²) in [5.74, 6) is -0.374. The van der Waals surface area contributed by atoms with Crippen molar-refractivity contribution in [1.29, 1.82) is 0 Å².